The average molecular weight is 445 g/mol. The van der Waals surface area contributed by atoms with E-state index in [0.717, 1.165) is 3.79 Å². The first-order valence-electron chi connectivity index (χ1n) is 7.60. The van der Waals surface area contributed by atoms with Gasteiger partial charge in [-0.05, 0) is 46.3 Å². The first-order chi connectivity index (χ1) is 11.9. The van der Waals surface area contributed by atoms with Gasteiger partial charge in [0, 0.05) is 31.7 Å². The zero-order valence-corrected chi connectivity index (χ0v) is 16.7. The van der Waals surface area contributed by atoms with Crippen molar-refractivity contribution in [2.75, 3.05) is 33.3 Å². The van der Waals surface area contributed by atoms with E-state index in [1.807, 2.05) is 0 Å². The van der Waals surface area contributed by atoms with E-state index in [1.54, 1.807) is 48.4 Å². The van der Waals surface area contributed by atoms with Gasteiger partial charge in [-0.1, -0.05) is 6.07 Å². The third kappa shape index (κ3) is 3.89. The molecule has 1 aliphatic rings. The fourth-order valence-corrected chi connectivity index (χ4v) is 6.22. The van der Waals surface area contributed by atoms with Gasteiger partial charge in [0.25, 0.3) is 15.9 Å². The SMILES string of the molecule is COc1cccc(C(=O)N2CCN(S(=O)(=O)c3ccc(Br)s3)CC2)c1. The summed E-state index contributed by atoms with van der Waals surface area (Å²) in [5, 5.41) is 0. The maximum atomic E-state index is 12.6. The van der Waals surface area contributed by atoms with Crippen molar-refractivity contribution in [1.82, 2.24) is 9.21 Å². The summed E-state index contributed by atoms with van der Waals surface area (Å²) in [5.41, 5.74) is 0.540. The molecule has 134 valence electrons. The molecule has 0 saturated carbocycles. The Balaban J connectivity index is 1.68. The molecule has 0 radical (unpaired) electrons. The second-order valence-corrected chi connectivity index (χ2v) is 10.1. The summed E-state index contributed by atoms with van der Waals surface area (Å²) in [4.78, 5) is 14.3. The summed E-state index contributed by atoms with van der Waals surface area (Å²) < 4.78 is 32.9. The highest BCUT2D eigenvalue weighted by Crippen LogP contribution is 2.29. The molecule has 0 aliphatic carbocycles. The van der Waals surface area contributed by atoms with Crippen LogP contribution in [0.2, 0.25) is 0 Å². The second kappa shape index (κ2) is 7.45. The van der Waals surface area contributed by atoms with Crippen molar-refractivity contribution in [2.45, 2.75) is 4.21 Å². The Labute approximate surface area is 159 Å². The Morgan fingerprint density at radius 2 is 1.88 bits per heavy atom. The smallest absolute Gasteiger partial charge is 0.254 e. The Bertz CT molecular complexity index is 874. The number of hydrogen-bond donors (Lipinski definition) is 0. The normalized spacial score (nSPS) is 16.0. The van der Waals surface area contributed by atoms with E-state index in [2.05, 4.69) is 15.9 Å². The number of amides is 1. The van der Waals surface area contributed by atoms with Crippen LogP contribution in [0.4, 0.5) is 0 Å². The van der Waals surface area contributed by atoms with Gasteiger partial charge in [-0.3, -0.25) is 4.79 Å². The number of benzene rings is 1. The van der Waals surface area contributed by atoms with Crippen LogP contribution in [-0.2, 0) is 10.0 Å². The van der Waals surface area contributed by atoms with Gasteiger partial charge in [-0.2, -0.15) is 4.31 Å². The van der Waals surface area contributed by atoms with Gasteiger partial charge in [0.1, 0.15) is 9.96 Å². The molecule has 0 unspecified atom stereocenters. The maximum absolute atomic E-state index is 12.6. The second-order valence-electron chi connectivity index (χ2n) is 5.49. The van der Waals surface area contributed by atoms with Crippen LogP contribution in [0, 0.1) is 0 Å². The van der Waals surface area contributed by atoms with Crippen molar-refractivity contribution in [3.8, 4) is 5.75 Å². The summed E-state index contributed by atoms with van der Waals surface area (Å²) in [6.07, 6.45) is 0. The lowest BCUT2D eigenvalue weighted by Crippen LogP contribution is -2.50. The van der Waals surface area contributed by atoms with E-state index in [-0.39, 0.29) is 19.0 Å². The topological polar surface area (TPSA) is 66.9 Å². The summed E-state index contributed by atoms with van der Waals surface area (Å²) in [5.74, 6) is 0.505. The predicted molar refractivity (Wildman–Crippen MR) is 99.7 cm³/mol. The lowest BCUT2D eigenvalue weighted by atomic mass is 10.1. The molecule has 1 aromatic heterocycles. The molecule has 1 aliphatic heterocycles. The average Bonchev–Trinajstić information content (AvgIpc) is 3.08. The molecule has 0 bridgehead atoms. The fraction of sp³-hybridized carbons (Fsp3) is 0.312. The quantitative estimate of drug-likeness (QED) is 0.726. The van der Waals surface area contributed by atoms with E-state index >= 15 is 0 Å². The van der Waals surface area contributed by atoms with Crippen LogP contribution in [0.15, 0.2) is 44.4 Å². The molecule has 25 heavy (non-hydrogen) atoms. The van der Waals surface area contributed by atoms with Crippen LogP contribution >= 0.6 is 27.3 Å². The largest absolute Gasteiger partial charge is 0.497 e. The molecule has 1 amide bonds. The zero-order chi connectivity index (χ0) is 18.0. The number of methoxy groups -OCH3 is 1. The van der Waals surface area contributed by atoms with Crippen molar-refractivity contribution < 1.29 is 17.9 Å². The summed E-state index contributed by atoms with van der Waals surface area (Å²) >= 11 is 4.48. The van der Waals surface area contributed by atoms with Crippen LogP contribution in [0.5, 0.6) is 5.75 Å². The third-order valence-corrected chi connectivity index (χ3v) is 7.97. The highest BCUT2D eigenvalue weighted by Gasteiger charge is 2.31. The van der Waals surface area contributed by atoms with E-state index < -0.39 is 10.0 Å². The number of carbonyl (C=O) groups is 1. The molecular weight excluding hydrogens is 428 g/mol. The molecule has 1 saturated heterocycles. The summed E-state index contributed by atoms with van der Waals surface area (Å²) in [6, 6.07) is 10.3. The van der Waals surface area contributed by atoms with E-state index in [0.29, 0.717) is 28.6 Å². The lowest BCUT2D eigenvalue weighted by Gasteiger charge is -2.33. The number of thiophene rings is 1. The summed E-state index contributed by atoms with van der Waals surface area (Å²) in [6.45, 7) is 1.30. The molecule has 0 N–H and O–H groups in total. The summed E-state index contributed by atoms with van der Waals surface area (Å²) in [7, 11) is -1.95. The number of sulfonamides is 1. The maximum Gasteiger partial charge on any atom is 0.254 e. The minimum Gasteiger partial charge on any atom is -0.497 e. The minimum absolute atomic E-state index is 0.116. The van der Waals surface area contributed by atoms with Crippen molar-refractivity contribution in [1.29, 1.82) is 0 Å². The van der Waals surface area contributed by atoms with Crippen molar-refractivity contribution >= 4 is 43.2 Å². The molecular formula is C16H17BrN2O4S2. The van der Waals surface area contributed by atoms with Gasteiger partial charge in [0.15, 0.2) is 0 Å². The van der Waals surface area contributed by atoms with Gasteiger partial charge in [-0.25, -0.2) is 8.42 Å². The molecule has 1 fully saturated rings. The van der Waals surface area contributed by atoms with Gasteiger partial charge in [0.05, 0.1) is 10.9 Å². The molecule has 1 aromatic carbocycles. The number of halogens is 1. The molecule has 2 aromatic rings. The van der Waals surface area contributed by atoms with Gasteiger partial charge >= 0.3 is 0 Å². The number of hydrogen-bond acceptors (Lipinski definition) is 5. The molecule has 0 spiro atoms. The van der Waals surface area contributed by atoms with Gasteiger partial charge in [0.2, 0.25) is 0 Å². The van der Waals surface area contributed by atoms with E-state index in [4.69, 9.17) is 4.74 Å². The number of piperazine rings is 1. The fourth-order valence-electron chi connectivity index (χ4n) is 2.63. The number of carbonyl (C=O) groups excluding carboxylic acids is 1. The molecule has 2 heterocycles. The Hall–Kier alpha value is -1.42. The van der Waals surface area contributed by atoms with Gasteiger partial charge in [-0.15, -0.1) is 11.3 Å². The first-order valence-corrected chi connectivity index (χ1v) is 10.7. The zero-order valence-electron chi connectivity index (χ0n) is 13.5. The Kier molecular flexibility index (Phi) is 5.47. The number of ether oxygens (including phenoxy) is 1. The molecule has 3 rings (SSSR count). The Morgan fingerprint density at radius 3 is 2.48 bits per heavy atom. The number of rotatable bonds is 4. The minimum atomic E-state index is -3.50. The lowest BCUT2D eigenvalue weighted by molar-refractivity contribution is 0.0697. The van der Waals surface area contributed by atoms with Crippen molar-refractivity contribution in [3.63, 3.8) is 0 Å². The van der Waals surface area contributed by atoms with Crippen LogP contribution in [0.3, 0.4) is 0 Å². The predicted octanol–water partition coefficient (Wildman–Crippen LogP) is 2.67. The number of nitrogens with zero attached hydrogens (tertiary/aromatic N) is 2. The van der Waals surface area contributed by atoms with Crippen LogP contribution in [-0.4, -0.2) is 56.8 Å². The molecule has 6 nitrogen and oxygen atoms in total. The van der Waals surface area contributed by atoms with Crippen LogP contribution in [0.1, 0.15) is 10.4 Å². The highest BCUT2D eigenvalue weighted by atomic mass is 79.9. The molecule has 0 atom stereocenters. The first kappa shape index (κ1) is 18.4. The van der Waals surface area contributed by atoms with Crippen LogP contribution in [0.25, 0.3) is 0 Å². The standard InChI is InChI=1S/C16H17BrN2O4S2/c1-23-13-4-2-3-12(11-13)16(20)18-7-9-19(10-8-18)25(21,22)15-6-5-14(17)24-15/h2-6,11H,7-10H2,1H3. The van der Waals surface area contributed by atoms with Crippen molar-refractivity contribution in [2.24, 2.45) is 0 Å². The van der Waals surface area contributed by atoms with E-state index in [9.17, 15) is 13.2 Å². The highest BCUT2D eigenvalue weighted by molar-refractivity contribution is 9.11. The van der Waals surface area contributed by atoms with E-state index in [1.165, 1.54) is 15.6 Å². The third-order valence-electron chi connectivity index (χ3n) is 3.99. The van der Waals surface area contributed by atoms with Gasteiger partial charge < -0.3 is 9.64 Å². The van der Waals surface area contributed by atoms with Crippen molar-refractivity contribution in [3.05, 3.63) is 45.7 Å². The van der Waals surface area contributed by atoms with Crippen LogP contribution < -0.4 is 4.74 Å². The Morgan fingerprint density at radius 1 is 1.16 bits per heavy atom. The molecule has 9 heteroatoms. The monoisotopic (exact) mass is 444 g/mol.